The lowest BCUT2D eigenvalue weighted by Gasteiger charge is -2.38. The van der Waals surface area contributed by atoms with E-state index in [1.807, 2.05) is 4.90 Å². The summed E-state index contributed by atoms with van der Waals surface area (Å²) >= 11 is 0. The van der Waals surface area contributed by atoms with E-state index in [1.54, 1.807) is 10.9 Å². The highest BCUT2D eigenvalue weighted by Crippen LogP contribution is 2.37. The Morgan fingerprint density at radius 3 is 2.33 bits per heavy atom. The van der Waals surface area contributed by atoms with Crippen molar-refractivity contribution in [1.29, 1.82) is 0 Å². The molecule has 1 saturated heterocycles. The second kappa shape index (κ2) is 6.95. The van der Waals surface area contributed by atoms with E-state index in [-0.39, 0.29) is 17.0 Å². The van der Waals surface area contributed by atoms with Gasteiger partial charge < -0.3 is 10.0 Å². The van der Waals surface area contributed by atoms with Gasteiger partial charge in [-0.2, -0.15) is 5.10 Å². The molecule has 0 bridgehead atoms. The minimum atomic E-state index is -0.949. The molecule has 0 aromatic carbocycles. The predicted octanol–water partition coefficient (Wildman–Crippen LogP) is 3.11. The Labute approximate surface area is 142 Å². The van der Waals surface area contributed by atoms with Gasteiger partial charge in [0, 0.05) is 24.7 Å². The summed E-state index contributed by atoms with van der Waals surface area (Å²) in [5, 5.41) is 13.2. The van der Waals surface area contributed by atoms with Gasteiger partial charge >= 0.3 is 5.97 Å². The van der Waals surface area contributed by atoms with E-state index in [4.69, 9.17) is 5.11 Å². The summed E-state index contributed by atoms with van der Waals surface area (Å²) < 4.78 is 1.75. The van der Waals surface area contributed by atoms with Gasteiger partial charge in [0.2, 0.25) is 5.91 Å². The van der Waals surface area contributed by atoms with Crippen molar-refractivity contribution in [2.45, 2.75) is 64.3 Å². The van der Waals surface area contributed by atoms with Crippen molar-refractivity contribution in [3.05, 3.63) is 18.0 Å². The molecule has 1 aromatic heterocycles. The second-order valence-electron chi connectivity index (χ2n) is 7.51. The number of rotatable bonds is 3. The lowest BCUT2D eigenvalue weighted by Crippen LogP contribution is -2.46. The molecule has 6 heteroatoms. The third-order valence-electron chi connectivity index (χ3n) is 5.70. The van der Waals surface area contributed by atoms with Crippen molar-refractivity contribution in [3.63, 3.8) is 0 Å². The monoisotopic (exact) mass is 333 g/mol. The molecule has 24 heavy (non-hydrogen) atoms. The summed E-state index contributed by atoms with van der Waals surface area (Å²) in [6, 6.07) is 0.184. The van der Waals surface area contributed by atoms with E-state index in [9.17, 15) is 9.59 Å². The van der Waals surface area contributed by atoms with Crippen molar-refractivity contribution in [1.82, 2.24) is 14.7 Å². The maximum atomic E-state index is 13.0. The molecule has 2 heterocycles. The fraction of sp³-hybridized carbons (Fsp3) is 0.722. The maximum absolute atomic E-state index is 13.0. The maximum Gasteiger partial charge on any atom is 0.338 e. The van der Waals surface area contributed by atoms with Gasteiger partial charge in [0.25, 0.3) is 0 Å². The summed E-state index contributed by atoms with van der Waals surface area (Å²) in [6.07, 6.45) is 11.5. The summed E-state index contributed by atoms with van der Waals surface area (Å²) in [4.78, 5) is 26.0. The van der Waals surface area contributed by atoms with Crippen molar-refractivity contribution in [3.8, 4) is 0 Å². The first kappa shape index (κ1) is 17.0. The largest absolute Gasteiger partial charge is 0.478 e. The van der Waals surface area contributed by atoms with E-state index in [1.165, 1.54) is 19.0 Å². The minimum Gasteiger partial charge on any atom is -0.478 e. The number of aromatic nitrogens is 2. The highest BCUT2D eigenvalue weighted by Gasteiger charge is 2.38. The van der Waals surface area contributed by atoms with Crippen LogP contribution < -0.4 is 0 Å². The van der Waals surface area contributed by atoms with Crippen molar-refractivity contribution in [2.75, 3.05) is 13.1 Å². The topological polar surface area (TPSA) is 75.4 Å². The van der Waals surface area contributed by atoms with Crippen LogP contribution in [0, 0.1) is 5.41 Å². The summed E-state index contributed by atoms with van der Waals surface area (Å²) in [6.45, 7) is 3.61. The highest BCUT2D eigenvalue weighted by atomic mass is 16.4. The number of amides is 1. The van der Waals surface area contributed by atoms with Gasteiger partial charge in [-0.05, 0) is 25.7 Å². The molecule has 0 unspecified atom stereocenters. The molecule has 3 rings (SSSR count). The first-order valence-electron chi connectivity index (χ1n) is 9.06. The highest BCUT2D eigenvalue weighted by molar-refractivity contribution is 5.86. The first-order valence-corrected chi connectivity index (χ1v) is 9.06. The number of likely N-dealkylation sites (tertiary alicyclic amines) is 1. The van der Waals surface area contributed by atoms with E-state index in [2.05, 4.69) is 12.0 Å². The van der Waals surface area contributed by atoms with E-state index >= 15 is 0 Å². The molecule has 1 aromatic rings. The fourth-order valence-corrected chi connectivity index (χ4v) is 4.09. The molecule has 6 nitrogen and oxygen atoms in total. The number of aromatic carboxylic acids is 1. The minimum absolute atomic E-state index is 0.184. The zero-order chi connectivity index (χ0) is 17.2. The number of carbonyl (C=O) groups is 2. The smallest absolute Gasteiger partial charge is 0.338 e. The summed E-state index contributed by atoms with van der Waals surface area (Å²) in [5.74, 6) is -0.635. The molecule has 0 radical (unpaired) electrons. The number of carboxylic acids is 1. The first-order chi connectivity index (χ1) is 11.5. The third kappa shape index (κ3) is 3.47. The predicted molar refractivity (Wildman–Crippen MR) is 89.8 cm³/mol. The van der Waals surface area contributed by atoms with Crippen molar-refractivity contribution >= 4 is 11.9 Å². The normalized spacial score (nSPS) is 22.1. The quantitative estimate of drug-likeness (QED) is 0.862. The van der Waals surface area contributed by atoms with Gasteiger partial charge in [-0.1, -0.05) is 32.6 Å². The number of hydrogen-bond donors (Lipinski definition) is 1. The zero-order valence-electron chi connectivity index (χ0n) is 14.4. The SMILES string of the molecule is CC1(C(=O)N2CCC(n3cc(C(=O)O)cn3)CC2)CCCCCC1. The van der Waals surface area contributed by atoms with Crippen LogP contribution in [0.1, 0.15) is 74.7 Å². The van der Waals surface area contributed by atoms with Gasteiger partial charge in [-0.25, -0.2) is 4.79 Å². The van der Waals surface area contributed by atoms with Crippen LogP contribution in [0.25, 0.3) is 0 Å². The number of piperidine rings is 1. The molecule has 1 saturated carbocycles. The van der Waals surface area contributed by atoms with Crippen LogP contribution in [0.4, 0.5) is 0 Å². The molecule has 1 amide bonds. The van der Waals surface area contributed by atoms with Crippen molar-refractivity contribution in [2.24, 2.45) is 5.41 Å². The van der Waals surface area contributed by atoms with E-state index in [0.717, 1.165) is 51.6 Å². The number of hydrogen-bond acceptors (Lipinski definition) is 3. The van der Waals surface area contributed by atoms with E-state index < -0.39 is 5.97 Å². The molecule has 1 aliphatic carbocycles. The lowest BCUT2D eigenvalue weighted by atomic mass is 9.80. The van der Waals surface area contributed by atoms with Crippen LogP contribution in [0.2, 0.25) is 0 Å². The molecule has 0 atom stereocenters. The molecule has 2 fully saturated rings. The Morgan fingerprint density at radius 1 is 1.17 bits per heavy atom. The van der Waals surface area contributed by atoms with Crippen LogP contribution in [-0.2, 0) is 4.79 Å². The standard InChI is InChI=1S/C18H27N3O3/c1-18(8-4-2-3-5-9-18)17(24)20-10-6-15(7-11-20)21-13-14(12-19-21)16(22)23/h12-13,15H,2-11H2,1H3,(H,22,23). The molecule has 0 spiro atoms. The Kier molecular flexibility index (Phi) is 4.92. The average molecular weight is 333 g/mol. The Bertz CT molecular complexity index is 594. The Hall–Kier alpha value is -1.85. The van der Waals surface area contributed by atoms with Crippen LogP contribution >= 0.6 is 0 Å². The molecule has 2 aliphatic rings. The Balaban J connectivity index is 1.59. The van der Waals surface area contributed by atoms with Gasteiger partial charge in [-0.3, -0.25) is 9.48 Å². The van der Waals surface area contributed by atoms with Crippen LogP contribution in [0.5, 0.6) is 0 Å². The molecular weight excluding hydrogens is 306 g/mol. The van der Waals surface area contributed by atoms with Crippen LogP contribution in [0.3, 0.4) is 0 Å². The van der Waals surface area contributed by atoms with Crippen LogP contribution in [-0.4, -0.2) is 44.8 Å². The fourth-order valence-electron chi connectivity index (χ4n) is 4.09. The number of carboxylic acid groups (broad SMARTS) is 1. The number of nitrogens with zero attached hydrogens (tertiary/aromatic N) is 3. The van der Waals surface area contributed by atoms with E-state index in [0.29, 0.717) is 5.91 Å². The molecule has 132 valence electrons. The molecular formula is C18H27N3O3. The van der Waals surface area contributed by atoms with Gasteiger partial charge in [-0.15, -0.1) is 0 Å². The average Bonchev–Trinajstić information content (AvgIpc) is 2.98. The van der Waals surface area contributed by atoms with Gasteiger partial charge in [0.05, 0.1) is 17.8 Å². The molecule has 1 N–H and O–H groups in total. The lowest BCUT2D eigenvalue weighted by molar-refractivity contribution is -0.143. The van der Waals surface area contributed by atoms with Crippen LogP contribution in [0.15, 0.2) is 12.4 Å². The summed E-state index contributed by atoms with van der Waals surface area (Å²) in [7, 11) is 0. The third-order valence-corrected chi connectivity index (χ3v) is 5.70. The second-order valence-corrected chi connectivity index (χ2v) is 7.51. The number of carbonyl (C=O) groups excluding carboxylic acids is 1. The van der Waals surface area contributed by atoms with Gasteiger partial charge in [0.1, 0.15) is 0 Å². The molecule has 1 aliphatic heterocycles. The summed E-state index contributed by atoms with van der Waals surface area (Å²) in [5.41, 5.74) is 0.0328. The van der Waals surface area contributed by atoms with Crippen molar-refractivity contribution < 1.29 is 14.7 Å². The Morgan fingerprint density at radius 2 is 1.79 bits per heavy atom. The van der Waals surface area contributed by atoms with Gasteiger partial charge in [0.15, 0.2) is 0 Å². The zero-order valence-corrected chi connectivity index (χ0v) is 14.4.